The van der Waals surface area contributed by atoms with E-state index in [0.717, 1.165) is 51.4 Å². The molecule has 0 radical (unpaired) electrons. The maximum absolute atomic E-state index is 10.7. The van der Waals surface area contributed by atoms with Gasteiger partial charge in [0.05, 0.1) is 6.54 Å². The molecule has 0 heterocycles. The van der Waals surface area contributed by atoms with Gasteiger partial charge >= 0.3 is 16.5 Å². The third-order valence-corrected chi connectivity index (χ3v) is 4.50. The molecule has 8 heteroatoms. The maximum Gasteiger partial charge on any atom is 0.340 e. The summed E-state index contributed by atoms with van der Waals surface area (Å²) >= 11 is 11.3. The first kappa shape index (κ1) is 21.7. The van der Waals surface area contributed by atoms with Crippen LogP contribution in [0, 0.1) is 0 Å². The number of nitrogens with zero attached hydrogens (tertiary/aromatic N) is 1. The van der Waals surface area contributed by atoms with Crippen molar-refractivity contribution in [2.24, 2.45) is 4.36 Å². The predicted octanol–water partition coefficient (Wildman–Crippen LogP) is 4.60. The van der Waals surface area contributed by atoms with Gasteiger partial charge in [-0.25, -0.2) is 4.79 Å². The molecule has 0 spiro atoms. The number of rotatable bonds is 14. The van der Waals surface area contributed by atoms with Crippen molar-refractivity contribution in [3.05, 3.63) is 0 Å². The molecular formula is C14H25Cl2NO4S. The van der Waals surface area contributed by atoms with E-state index in [9.17, 15) is 13.2 Å². The van der Waals surface area contributed by atoms with E-state index in [4.69, 9.17) is 28.3 Å². The smallest absolute Gasteiger partial charge is 0.340 e. The van der Waals surface area contributed by atoms with Crippen LogP contribution in [0.1, 0.15) is 70.6 Å². The third-order valence-electron chi connectivity index (χ3n) is 3.41. The van der Waals surface area contributed by atoms with E-state index in [2.05, 4.69) is 4.36 Å². The van der Waals surface area contributed by atoms with Crippen LogP contribution in [0.25, 0.3) is 0 Å². The Bertz CT molecular complexity index is 430. The fraction of sp³-hybridized carbons (Fsp3) is 0.929. The van der Waals surface area contributed by atoms with Gasteiger partial charge in [0.1, 0.15) is 0 Å². The molecule has 0 aliphatic rings. The highest BCUT2D eigenvalue weighted by Crippen LogP contribution is 2.28. The number of unbranched alkanes of at least 4 members (excludes halogenated alkanes) is 9. The van der Waals surface area contributed by atoms with Gasteiger partial charge in [-0.2, -0.15) is 12.8 Å². The van der Waals surface area contributed by atoms with E-state index < -0.39 is 20.8 Å². The number of carboxylic acids is 1. The summed E-state index contributed by atoms with van der Waals surface area (Å²) in [5.41, 5.74) is 0. The summed E-state index contributed by atoms with van der Waals surface area (Å²) in [6.07, 6.45) is 10.6. The summed E-state index contributed by atoms with van der Waals surface area (Å²) in [6, 6.07) is 0. The SMILES string of the molecule is O=C(O)C(Cl)(Cl)CCCCCCCCCCCCN=S(=O)=O. The number of alkyl halides is 2. The molecule has 1 N–H and O–H groups in total. The van der Waals surface area contributed by atoms with Crippen molar-refractivity contribution in [1.82, 2.24) is 0 Å². The van der Waals surface area contributed by atoms with E-state index in [1.165, 1.54) is 12.8 Å². The van der Waals surface area contributed by atoms with Gasteiger partial charge in [0.2, 0.25) is 4.33 Å². The Balaban J connectivity index is 3.27. The highest BCUT2D eigenvalue weighted by atomic mass is 35.5. The molecule has 0 aromatic rings. The first-order chi connectivity index (χ1) is 10.4. The molecule has 0 bridgehead atoms. The second-order valence-electron chi connectivity index (χ2n) is 5.36. The predicted molar refractivity (Wildman–Crippen MR) is 89.1 cm³/mol. The average molecular weight is 374 g/mol. The van der Waals surface area contributed by atoms with Gasteiger partial charge in [-0.05, 0) is 19.3 Å². The van der Waals surface area contributed by atoms with Crippen LogP contribution < -0.4 is 0 Å². The largest absolute Gasteiger partial charge is 0.479 e. The van der Waals surface area contributed by atoms with Gasteiger partial charge in [-0.1, -0.05) is 74.6 Å². The van der Waals surface area contributed by atoms with E-state index in [-0.39, 0.29) is 6.42 Å². The Labute approximate surface area is 144 Å². The van der Waals surface area contributed by atoms with Gasteiger partial charge in [0, 0.05) is 0 Å². The van der Waals surface area contributed by atoms with E-state index in [0.29, 0.717) is 6.54 Å². The molecule has 0 aliphatic heterocycles. The van der Waals surface area contributed by atoms with Crippen LogP contribution in [0.2, 0.25) is 0 Å². The Kier molecular flexibility index (Phi) is 12.9. The molecule has 0 saturated heterocycles. The van der Waals surface area contributed by atoms with Crippen LogP contribution in [0.4, 0.5) is 0 Å². The number of carboxylic acid groups (broad SMARTS) is 1. The number of carbonyl (C=O) groups is 1. The fourth-order valence-corrected chi connectivity index (χ4v) is 2.66. The number of halogens is 2. The Morgan fingerprint density at radius 3 is 1.68 bits per heavy atom. The second kappa shape index (κ2) is 13.1. The Morgan fingerprint density at radius 2 is 1.27 bits per heavy atom. The zero-order chi connectivity index (χ0) is 16.8. The van der Waals surface area contributed by atoms with Gasteiger partial charge < -0.3 is 5.11 Å². The van der Waals surface area contributed by atoms with Crippen LogP contribution in [-0.4, -0.2) is 30.4 Å². The third kappa shape index (κ3) is 13.3. The molecule has 0 aromatic heterocycles. The first-order valence-electron chi connectivity index (χ1n) is 7.74. The molecule has 0 rings (SSSR count). The van der Waals surface area contributed by atoms with Crippen molar-refractivity contribution in [3.63, 3.8) is 0 Å². The van der Waals surface area contributed by atoms with Crippen LogP contribution in [-0.2, 0) is 15.3 Å². The van der Waals surface area contributed by atoms with E-state index in [1.807, 2.05) is 0 Å². The molecule has 0 saturated carbocycles. The summed E-state index contributed by atoms with van der Waals surface area (Å²) in [4.78, 5) is 10.7. The molecular weight excluding hydrogens is 349 g/mol. The first-order valence-corrected chi connectivity index (χ1v) is 9.53. The lowest BCUT2D eigenvalue weighted by Gasteiger charge is -2.13. The highest BCUT2D eigenvalue weighted by Gasteiger charge is 2.32. The molecule has 22 heavy (non-hydrogen) atoms. The minimum Gasteiger partial charge on any atom is -0.479 e. The highest BCUT2D eigenvalue weighted by molar-refractivity contribution is 7.61. The maximum atomic E-state index is 10.7. The summed E-state index contributed by atoms with van der Waals surface area (Å²) in [5, 5.41) is 8.75. The van der Waals surface area contributed by atoms with E-state index in [1.54, 1.807) is 0 Å². The van der Waals surface area contributed by atoms with Gasteiger partial charge in [0.25, 0.3) is 0 Å². The van der Waals surface area contributed by atoms with Crippen molar-refractivity contribution in [2.45, 2.75) is 75.0 Å². The molecule has 0 fully saturated rings. The lowest BCUT2D eigenvalue weighted by Crippen LogP contribution is -2.25. The molecule has 0 amide bonds. The van der Waals surface area contributed by atoms with Crippen LogP contribution in [0.15, 0.2) is 4.36 Å². The van der Waals surface area contributed by atoms with Crippen molar-refractivity contribution < 1.29 is 18.3 Å². The fourth-order valence-electron chi connectivity index (χ4n) is 2.12. The zero-order valence-corrected chi connectivity index (χ0v) is 15.1. The average Bonchev–Trinajstić information content (AvgIpc) is 2.43. The topological polar surface area (TPSA) is 83.8 Å². The molecule has 5 nitrogen and oxygen atoms in total. The van der Waals surface area contributed by atoms with Crippen molar-refractivity contribution in [1.29, 1.82) is 0 Å². The zero-order valence-electron chi connectivity index (χ0n) is 12.8. The molecule has 130 valence electrons. The second-order valence-corrected chi connectivity index (χ2v) is 7.54. The lowest BCUT2D eigenvalue weighted by atomic mass is 10.0. The molecule has 0 aliphatic carbocycles. The Hall–Kier alpha value is -0.330. The van der Waals surface area contributed by atoms with Gasteiger partial charge in [-0.15, -0.1) is 0 Å². The van der Waals surface area contributed by atoms with E-state index >= 15 is 0 Å². The summed E-state index contributed by atoms with van der Waals surface area (Å²) < 4.78 is 22.1. The van der Waals surface area contributed by atoms with Crippen LogP contribution >= 0.6 is 23.2 Å². The molecule has 0 unspecified atom stereocenters. The van der Waals surface area contributed by atoms with Gasteiger partial charge in [-0.3, -0.25) is 0 Å². The van der Waals surface area contributed by atoms with Gasteiger partial charge in [0.15, 0.2) is 0 Å². The summed E-state index contributed by atoms with van der Waals surface area (Å²) in [7, 11) is -2.26. The van der Waals surface area contributed by atoms with Crippen molar-refractivity contribution >= 4 is 39.7 Å². The van der Waals surface area contributed by atoms with Crippen molar-refractivity contribution in [3.8, 4) is 0 Å². The standard InChI is InChI=1S/C14H25Cl2NO4S/c15-14(16,13(18)19)11-9-7-5-3-1-2-4-6-8-10-12-17-22(20)21/h1-12H2,(H,18,19). The van der Waals surface area contributed by atoms with Crippen molar-refractivity contribution in [2.75, 3.05) is 6.54 Å². The Morgan fingerprint density at radius 1 is 0.864 bits per heavy atom. The normalized spacial score (nSPS) is 11.4. The number of aliphatic carboxylic acids is 1. The minimum atomic E-state index is -2.26. The lowest BCUT2D eigenvalue weighted by molar-refractivity contribution is -0.138. The number of hydrogen-bond acceptors (Lipinski definition) is 4. The van der Waals surface area contributed by atoms with Crippen LogP contribution in [0.5, 0.6) is 0 Å². The molecule has 0 atom stereocenters. The monoisotopic (exact) mass is 373 g/mol. The summed E-state index contributed by atoms with van der Waals surface area (Å²) in [5.74, 6) is -1.18. The summed E-state index contributed by atoms with van der Waals surface area (Å²) in [6.45, 7) is 0.398. The molecule has 0 aromatic carbocycles. The quantitative estimate of drug-likeness (QED) is 0.356. The van der Waals surface area contributed by atoms with Crippen LogP contribution in [0.3, 0.4) is 0 Å². The minimum absolute atomic E-state index is 0.282. The number of hydrogen-bond donors (Lipinski definition) is 1.